The molecule has 0 aromatic heterocycles. The number of nitrogens with one attached hydrogen (secondary N) is 1. The van der Waals surface area contributed by atoms with Gasteiger partial charge in [0.2, 0.25) is 0 Å². The lowest BCUT2D eigenvalue weighted by molar-refractivity contribution is 0.0567. The van der Waals surface area contributed by atoms with Crippen molar-refractivity contribution < 1.29 is 9.13 Å². The SMILES string of the molecule is COC1CCCC(NC2CCSc3ccc(F)cc32)C1. The summed E-state index contributed by atoms with van der Waals surface area (Å²) in [5.41, 5.74) is 1.14. The molecule has 2 nitrogen and oxygen atoms in total. The van der Waals surface area contributed by atoms with Crippen molar-refractivity contribution in [1.29, 1.82) is 0 Å². The number of benzene rings is 1. The maximum Gasteiger partial charge on any atom is 0.123 e. The Balaban J connectivity index is 1.71. The molecule has 110 valence electrons. The standard InChI is InChI=1S/C16H22FNOS/c1-19-13-4-2-3-12(10-13)18-15-7-8-20-16-6-5-11(17)9-14(15)16/h5-6,9,12-13,15,18H,2-4,7-8,10H2,1H3. The summed E-state index contributed by atoms with van der Waals surface area (Å²) in [5.74, 6) is 0.980. The van der Waals surface area contributed by atoms with Crippen LogP contribution in [-0.4, -0.2) is 25.0 Å². The van der Waals surface area contributed by atoms with E-state index >= 15 is 0 Å². The van der Waals surface area contributed by atoms with Crippen LogP contribution in [0.2, 0.25) is 0 Å². The van der Waals surface area contributed by atoms with E-state index in [1.165, 1.54) is 24.2 Å². The van der Waals surface area contributed by atoms with Crippen LogP contribution in [0, 0.1) is 5.82 Å². The molecule has 3 rings (SSSR count). The highest BCUT2D eigenvalue weighted by Gasteiger charge is 2.27. The molecule has 4 heteroatoms. The Morgan fingerprint density at radius 3 is 3.05 bits per heavy atom. The van der Waals surface area contributed by atoms with Gasteiger partial charge in [0.05, 0.1) is 6.10 Å². The predicted molar refractivity (Wildman–Crippen MR) is 80.7 cm³/mol. The summed E-state index contributed by atoms with van der Waals surface area (Å²) in [6.07, 6.45) is 6.12. The lowest BCUT2D eigenvalue weighted by Gasteiger charge is -2.34. The molecule has 1 aromatic carbocycles. The monoisotopic (exact) mass is 295 g/mol. The van der Waals surface area contributed by atoms with Crippen LogP contribution >= 0.6 is 11.8 Å². The van der Waals surface area contributed by atoms with Crippen LogP contribution in [-0.2, 0) is 4.74 Å². The minimum atomic E-state index is -0.128. The number of halogens is 1. The first-order valence-corrected chi connectivity index (χ1v) is 8.46. The van der Waals surface area contributed by atoms with Crippen molar-refractivity contribution in [2.45, 2.75) is 55.2 Å². The van der Waals surface area contributed by atoms with Gasteiger partial charge >= 0.3 is 0 Å². The minimum absolute atomic E-state index is 0.128. The Labute approximate surface area is 124 Å². The van der Waals surface area contributed by atoms with Gasteiger partial charge in [0, 0.05) is 24.1 Å². The Bertz CT molecular complexity index is 468. The lowest BCUT2D eigenvalue weighted by Crippen LogP contribution is -2.39. The highest BCUT2D eigenvalue weighted by molar-refractivity contribution is 7.99. The van der Waals surface area contributed by atoms with Gasteiger partial charge in [0.25, 0.3) is 0 Å². The summed E-state index contributed by atoms with van der Waals surface area (Å²) in [7, 11) is 1.80. The molecule has 20 heavy (non-hydrogen) atoms. The number of rotatable bonds is 3. The highest BCUT2D eigenvalue weighted by atomic mass is 32.2. The molecule has 2 aliphatic rings. The number of ether oxygens (including phenoxy) is 1. The van der Waals surface area contributed by atoms with E-state index in [0.717, 1.165) is 24.2 Å². The molecular weight excluding hydrogens is 273 g/mol. The van der Waals surface area contributed by atoms with E-state index < -0.39 is 0 Å². The molecule has 1 aromatic rings. The average molecular weight is 295 g/mol. The summed E-state index contributed by atoms with van der Waals surface area (Å²) in [6.45, 7) is 0. The molecule has 1 aliphatic heterocycles. The molecule has 0 radical (unpaired) electrons. The van der Waals surface area contributed by atoms with E-state index in [2.05, 4.69) is 5.32 Å². The minimum Gasteiger partial charge on any atom is -0.381 e. The molecule has 1 fully saturated rings. The number of fused-ring (bicyclic) bond motifs is 1. The van der Waals surface area contributed by atoms with Crippen molar-refractivity contribution in [2.75, 3.05) is 12.9 Å². The van der Waals surface area contributed by atoms with Crippen molar-refractivity contribution in [1.82, 2.24) is 5.32 Å². The van der Waals surface area contributed by atoms with E-state index in [4.69, 9.17) is 4.74 Å². The highest BCUT2D eigenvalue weighted by Crippen LogP contribution is 2.37. The molecule has 0 saturated heterocycles. The quantitative estimate of drug-likeness (QED) is 0.913. The third-order valence-corrected chi connectivity index (χ3v) is 5.53. The first-order valence-electron chi connectivity index (χ1n) is 7.47. The summed E-state index contributed by atoms with van der Waals surface area (Å²) >= 11 is 1.84. The van der Waals surface area contributed by atoms with Gasteiger partial charge in [-0.3, -0.25) is 0 Å². The molecule has 1 N–H and O–H groups in total. The maximum absolute atomic E-state index is 13.5. The van der Waals surface area contributed by atoms with Gasteiger partial charge in [-0.1, -0.05) is 0 Å². The third-order valence-electron chi connectivity index (χ3n) is 4.41. The molecule has 0 bridgehead atoms. The molecule has 1 aliphatic carbocycles. The topological polar surface area (TPSA) is 21.3 Å². The van der Waals surface area contributed by atoms with Crippen LogP contribution in [0.15, 0.2) is 23.1 Å². The van der Waals surface area contributed by atoms with Crippen LogP contribution in [0.1, 0.15) is 43.7 Å². The number of hydrogen-bond acceptors (Lipinski definition) is 3. The zero-order chi connectivity index (χ0) is 13.9. The first-order chi connectivity index (χ1) is 9.76. The Hall–Kier alpha value is -0.580. The van der Waals surface area contributed by atoms with Crippen molar-refractivity contribution in [3.8, 4) is 0 Å². The largest absolute Gasteiger partial charge is 0.381 e. The number of methoxy groups -OCH3 is 1. The van der Waals surface area contributed by atoms with Crippen LogP contribution < -0.4 is 5.32 Å². The summed E-state index contributed by atoms with van der Waals surface area (Å²) < 4.78 is 19.0. The van der Waals surface area contributed by atoms with Crippen molar-refractivity contribution in [2.24, 2.45) is 0 Å². The summed E-state index contributed by atoms with van der Waals surface area (Å²) in [4.78, 5) is 1.23. The van der Waals surface area contributed by atoms with Crippen LogP contribution in [0.5, 0.6) is 0 Å². The van der Waals surface area contributed by atoms with Gasteiger partial charge in [-0.15, -0.1) is 11.8 Å². The zero-order valence-electron chi connectivity index (χ0n) is 11.9. The second-order valence-electron chi connectivity index (χ2n) is 5.76. The fraction of sp³-hybridized carbons (Fsp3) is 0.625. The van der Waals surface area contributed by atoms with E-state index in [-0.39, 0.29) is 5.82 Å². The Kier molecular flexibility index (Phi) is 4.64. The molecule has 3 unspecified atom stereocenters. The van der Waals surface area contributed by atoms with E-state index in [0.29, 0.717) is 18.2 Å². The second-order valence-corrected chi connectivity index (χ2v) is 6.90. The van der Waals surface area contributed by atoms with E-state index in [1.807, 2.05) is 17.8 Å². The summed E-state index contributed by atoms with van der Waals surface area (Å²) in [6, 6.07) is 5.98. The van der Waals surface area contributed by atoms with Gasteiger partial charge in [-0.2, -0.15) is 0 Å². The lowest BCUT2D eigenvalue weighted by atomic mass is 9.91. The van der Waals surface area contributed by atoms with E-state index in [1.54, 1.807) is 19.2 Å². The molecule has 0 spiro atoms. The van der Waals surface area contributed by atoms with Crippen LogP contribution in [0.25, 0.3) is 0 Å². The van der Waals surface area contributed by atoms with Gasteiger partial charge in [-0.25, -0.2) is 4.39 Å². The van der Waals surface area contributed by atoms with Gasteiger partial charge in [0.15, 0.2) is 0 Å². The van der Waals surface area contributed by atoms with Crippen molar-refractivity contribution in [3.05, 3.63) is 29.6 Å². The van der Waals surface area contributed by atoms with Crippen LogP contribution in [0.3, 0.4) is 0 Å². The van der Waals surface area contributed by atoms with Gasteiger partial charge in [-0.05, 0) is 61.6 Å². The first kappa shape index (κ1) is 14.4. The average Bonchev–Trinajstić information content (AvgIpc) is 2.48. The molecule has 1 saturated carbocycles. The van der Waals surface area contributed by atoms with Crippen molar-refractivity contribution >= 4 is 11.8 Å². The smallest absolute Gasteiger partial charge is 0.123 e. The Morgan fingerprint density at radius 1 is 1.30 bits per heavy atom. The van der Waals surface area contributed by atoms with Gasteiger partial charge < -0.3 is 10.1 Å². The number of thioether (sulfide) groups is 1. The fourth-order valence-corrected chi connectivity index (χ4v) is 4.44. The molecule has 3 atom stereocenters. The maximum atomic E-state index is 13.5. The normalized spacial score (nSPS) is 30.0. The predicted octanol–water partition coefficient (Wildman–Crippen LogP) is 3.91. The molecular formula is C16H22FNOS. The molecule has 0 amide bonds. The summed E-state index contributed by atoms with van der Waals surface area (Å²) in [5, 5.41) is 3.75. The van der Waals surface area contributed by atoms with E-state index in [9.17, 15) is 4.39 Å². The van der Waals surface area contributed by atoms with Crippen LogP contribution in [0.4, 0.5) is 4.39 Å². The Morgan fingerprint density at radius 2 is 2.20 bits per heavy atom. The van der Waals surface area contributed by atoms with Crippen molar-refractivity contribution in [3.63, 3.8) is 0 Å². The second kappa shape index (κ2) is 6.46. The fourth-order valence-electron chi connectivity index (χ4n) is 3.33. The number of hydrogen-bond donors (Lipinski definition) is 1. The van der Waals surface area contributed by atoms with Gasteiger partial charge in [0.1, 0.15) is 5.82 Å². The molecule has 1 heterocycles. The zero-order valence-corrected chi connectivity index (χ0v) is 12.7. The third kappa shape index (κ3) is 3.18.